The fourth-order valence-corrected chi connectivity index (χ4v) is 0.951. The lowest BCUT2D eigenvalue weighted by Gasteiger charge is -2.23. The fourth-order valence-electron chi connectivity index (χ4n) is 0.951. The Balaban J connectivity index is 4.42. The minimum absolute atomic E-state index is 0.0154. The van der Waals surface area contributed by atoms with Gasteiger partial charge in [0.05, 0.1) is 0 Å². The molecule has 2 N–H and O–H groups in total. The van der Waals surface area contributed by atoms with Crippen LogP contribution in [-0.2, 0) is 14.3 Å². The lowest BCUT2D eigenvalue weighted by atomic mass is 10.2. The highest BCUT2D eigenvalue weighted by molar-refractivity contribution is 5.87. The molecular formula is C11H19NO4. The molecule has 0 spiro atoms. The minimum Gasteiger partial charge on any atom is -0.477 e. The molecule has 0 aliphatic heterocycles. The van der Waals surface area contributed by atoms with Crippen LogP contribution in [0.5, 0.6) is 0 Å². The number of allylic oxidation sites excluding steroid dienone is 1. The molecule has 0 heterocycles. The van der Waals surface area contributed by atoms with Crippen LogP contribution in [0.3, 0.4) is 0 Å². The van der Waals surface area contributed by atoms with Gasteiger partial charge in [0.25, 0.3) is 0 Å². The first kappa shape index (κ1) is 14.5. The summed E-state index contributed by atoms with van der Waals surface area (Å²) in [6, 6.07) is -0.693. The summed E-state index contributed by atoms with van der Waals surface area (Å²) in [5.74, 6) is -1.58. The molecule has 0 aromatic rings. The Morgan fingerprint density at radius 3 is 2.19 bits per heavy atom. The number of carboxylic acids is 1. The molecule has 0 amide bonds. The fraction of sp³-hybridized carbons (Fsp3) is 0.636. The predicted octanol–water partition coefficient (Wildman–Crippen LogP) is 1.29. The molecule has 0 aromatic heterocycles. The summed E-state index contributed by atoms with van der Waals surface area (Å²) in [7, 11) is 0. The molecule has 0 unspecified atom stereocenters. The first-order valence-corrected chi connectivity index (χ1v) is 5.06. The number of carbonyl (C=O) groups is 2. The zero-order valence-corrected chi connectivity index (χ0v) is 10.3. The molecule has 0 saturated carbocycles. The van der Waals surface area contributed by atoms with Crippen molar-refractivity contribution in [1.29, 1.82) is 0 Å². The highest BCUT2D eigenvalue weighted by atomic mass is 16.6. The van der Waals surface area contributed by atoms with Gasteiger partial charge in [-0.3, -0.25) is 0 Å². The van der Waals surface area contributed by atoms with Crippen LogP contribution in [0.1, 0.15) is 34.6 Å². The van der Waals surface area contributed by atoms with Gasteiger partial charge in [-0.25, -0.2) is 9.59 Å². The van der Waals surface area contributed by atoms with E-state index in [9.17, 15) is 9.59 Å². The number of aliphatic carboxylic acids is 1. The second kappa shape index (κ2) is 5.53. The highest BCUT2D eigenvalue weighted by Gasteiger charge is 2.23. The number of ether oxygens (including phenoxy) is 1. The molecule has 0 aliphatic rings. The van der Waals surface area contributed by atoms with Gasteiger partial charge in [0.1, 0.15) is 17.3 Å². The topological polar surface area (TPSA) is 75.6 Å². The number of carboxylic acid groups (broad SMARTS) is 1. The lowest BCUT2D eigenvalue weighted by molar-refractivity contribution is -0.156. The van der Waals surface area contributed by atoms with Crippen molar-refractivity contribution in [2.45, 2.75) is 46.3 Å². The van der Waals surface area contributed by atoms with E-state index >= 15 is 0 Å². The summed E-state index contributed by atoms with van der Waals surface area (Å²) < 4.78 is 5.10. The summed E-state index contributed by atoms with van der Waals surface area (Å²) >= 11 is 0. The van der Waals surface area contributed by atoms with Crippen LogP contribution in [0.2, 0.25) is 0 Å². The molecule has 0 saturated heterocycles. The molecule has 0 rings (SSSR count). The van der Waals surface area contributed by atoms with Crippen LogP contribution in [0, 0.1) is 0 Å². The Kier molecular flexibility index (Phi) is 5.01. The van der Waals surface area contributed by atoms with Crippen LogP contribution >= 0.6 is 0 Å². The molecule has 16 heavy (non-hydrogen) atoms. The number of carbonyl (C=O) groups excluding carboxylic acids is 1. The molecule has 0 radical (unpaired) electrons. The maximum absolute atomic E-state index is 11.5. The summed E-state index contributed by atoms with van der Waals surface area (Å²) in [6.07, 6.45) is 1.39. The van der Waals surface area contributed by atoms with Gasteiger partial charge < -0.3 is 15.2 Å². The Morgan fingerprint density at radius 1 is 1.38 bits per heavy atom. The third-order valence-electron chi connectivity index (χ3n) is 1.65. The van der Waals surface area contributed by atoms with Crippen molar-refractivity contribution in [3.05, 3.63) is 11.8 Å². The highest BCUT2D eigenvalue weighted by Crippen LogP contribution is 2.08. The third-order valence-corrected chi connectivity index (χ3v) is 1.65. The van der Waals surface area contributed by atoms with Gasteiger partial charge in [-0.2, -0.15) is 0 Å². The van der Waals surface area contributed by atoms with E-state index in [1.807, 2.05) is 0 Å². The third kappa shape index (κ3) is 5.38. The van der Waals surface area contributed by atoms with Crippen LogP contribution in [0.25, 0.3) is 0 Å². The molecular weight excluding hydrogens is 210 g/mol. The molecule has 0 fully saturated rings. The monoisotopic (exact) mass is 229 g/mol. The molecule has 0 aromatic carbocycles. The number of rotatable bonds is 4. The van der Waals surface area contributed by atoms with Crippen LogP contribution in [-0.4, -0.2) is 28.7 Å². The first-order valence-electron chi connectivity index (χ1n) is 5.06. The summed E-state index contributed by atoms with van der Waals surface area (Å²) in [4.78, 5) is 22.2. The van der Waals surface area contributed by atoms with Gasteiger partial charge in [0.15, 0.2) is 0 Å². The van der Waals surface area contributed by atoms with Crippen LogP contribution < -0.4 is 5.32 Å². The normalized spacial score (nSPS) is 14.2. The predicted molar refractivity (Wildman–Crippen MR) is 59.8 cm³/mol. The van der Waals surface area contributed by atoms with Crippen molar-refractivity contribution >= 4 is 11.9 Å². The number of hydrogen-bond donors (Lipinski definition) is 2. The van der Waals surface area contributed by atoms with Gasteiger partial charge >= 0.3 is 11.9 Å². The van der Waals surface area contributed by atoms with Crippen molar-refractivity contribution in [1.82, 2.24) is 5.32 Å². The summed E-state index contributed by atoms with van der Waals surface area (Å²) in [5.41, 5.74) is -0.592. The van der Waals surface area contributed by atoms with Gasteiger partial charge in [-0.15, -0.1) is 0 Å². The quantitative estimate of drug-likeness (QED) is 0.561. The average molecular weight is 229 g/mol. The molecule has 0 aliphatic carbocycles. The van der Waals surface area contributed by atoms with E-state index in [4.69, 9.17) is 9.84 Å². The Morgan fingerprint density at radius 2 is 1.88 bits per heavy atom. The van der Waals surface area contributed by atoms with Gasteiger partial charge in [-0.1, -0.05) is 6.08 Å². The standard InChI is InChI=1S/C11H19NO4/c1-6-8(9(13)14)12-7(2)10(15)16-11(3,4)5/h6-7,12H,1-5H3,(H,13,14)/t7-/m0/s1. The van der Waals surface area contributed by atoms with Crippen molar-refractivity contribution in [3.63, 3.8) is 0 Å². The van der Waals surface area contributed by atoms with E-state index in [-0.39, 0.29) is 5.70 Å². The summed E-state index contributed by atoms with van der Waals surface area (Å²) in [5, 5.41) is 11.3. The average Bonchev–Trinajstić information content (AvgIpc) is 2.10. The van der Waals surface area contributed by atoms with E-state index in [1.54, 1.807) is 34.6 Å². The van der Waals surface area contributed by atoms with Crippen LogP contribution in [0.15, 0.2) is 11.8 Å². The smallest absolute Gasteiger partial charge is 0.351 e. The molecule has 1 atom stereocenters. The Labute approximate surface area is 95.5 Å². The van der Waals surface area contributed by atoms with E-state index in [0.717, 1.165) is 0 Å². The lowest BCUT2D eigenvalue weighted by Crippen LogP contribution is -2.40. The zero-order valence-electron chi connectivity index (χ0n) is 10.3. The summed E-state index contributed by atoms with van der Waals surface area (Å²) in [6.45, 7) is 8.40. The molecule has 5 heteroatoms. The van der Waals surface area contributed by atoms with E-state index in [0.29, 0.717) is 0 Å². The van der Waals surface area contributed by atoms with E-state index in [2.05, 4.69) is 5.32 Å². The van der Waals surface area contributed by atoms with Gasteiger partial charge in [0.2, 0.25) is 0 Å². The second-order valence-corrected chi connectivity index (χ2v) is 4.41. The van der Waals surface area contributed by atoms with Crippen molar-refractivity contribution in [3.8, 4) is 0 Å². The van der Waals surface area contributed by atoms with Crippen LogP contribution in [0.4, 0.5) is 0 Å². The minimum atomic E-state index is -1.10. The molecule has 0 bridgehead atoms. The Hall–Kier alpha value is -1.52. The van der Waals surface area contributed by atoms with Crippen molar-refractivity contribution in [2.24, 2.45) is 0 Å². The van der Waals surface area contributed by atoms with Gasteiger partial charge in [0, 0.05) is 0 Å². The molecule has 92 valence electrons. The number of nitrogens with one attached hydrogen (secondary N) is 1. The molecule has 5 nitrogen and oxygen atoms in total. The van der Waals surface area contributed by atoms with E-state index < -0.39 is 23.6 Å². The first-order chi connectivity index (χ1) is 7.17. The van der Waals surface area contributed by atoms with Crippen molar-refractivity contribution < 1.29 is 19.4 Å². The SMILES string of the molecule is CC=C(N[C@@H](C)C(=O)OC(C)(C)C)C(=O)O. The second-order valence-electron chi connectivity index (χ2n) is 4.41. The maximum atomic E-state index is 11.5. The number of esters is 1. The zero-order chi connectivity index (χ0) is 12.9. The Bertz CT molecular complexity index is 302. The van der Waals surface area contributed by atoms with Crippen molar-refractivity contribution in [2.75, 3.05) is 0 Å². The number of hydrogen-bond acceptors (Lipinski definition) is 4. The van der Waals surface area contributed by atoms with Gasteiger partial charge in [-0.05, 0) is 34.6 Å². The maximum Gasteiger partial charge on any atom is 0.351 e. The largest absolute Gasteiger partial charge is 0.477 e. The van der Waals surface area contributed by atoms with E-state index in [1.165, 1.54) is 6.08 Å².